The summed E-state index contributed by atoms with van der Waals surface area (Å²) in [5.74, 6) is -16.1. The number of halogens is 7. The summed E-state index contributed by atoms with van der Waals surface area (Å²) >= 11 is 0. The van der Waals surface area contributed by atoms with Crippen molar-refractivity contribution in [2.45, 2.75) is 29.0 Å². The average Bonchev–Trinajstić information content (AvgIpc) is 2.71. The quantitative estimate of drug-likeness (QED) is 0.463. The summed E-state index contributed by atoms with van der Waals surface area (Å²) in [6.45, 7) is -1.28. The van der Waals surface area contributed by atoms with Crippen molar-refractivity contribution < 1.29 is 48.7 Å². The van der Waals surface area contributed by atoms with Gasteiger partial charge in [-0.1, -0.05) is 48.5 Å². The van der Waals surface area contributed by atoms with Gasteiger partial charge in [0.1, 0.15) is 6.61 Å². The molecule has 0 aliphatic heterocycles. The van der Waals surface area contributed by atoms with Crippen LogP contribution < -0.4 is 4.72 Å². The topological polar surface area (TPSA) is 72.5 Å². The van der Waals surface area contributed by atoms with E-state index in [0.717, 1.165) is 0 Å². The number of ether oxygens (including phenoxy) is 1. The van der Waals surface area contributed by atoms with Gasteiger partial charge in [0.25, 0.3) is 0 Å². The first-order valence-corrected chi connectivity index (χ1v) is 9.80. The molecule has 13 heteroatoms. The lowest BCUT2D eigenvalue weighted by atomic mass is 10.1. The van der Waals surface area contributed by atoms with E-state index in [1.54, 1.807) is 0 Å². The summed E-state index contributed by atoms with van der Waals surface area (Å²) in [4.78, 5) is 11.1. The van der Waals surface area contributed by atoms with Crippen LogP contribution in [-0.2, 0) is 19.6 Å². The summed E-state index contributed by atoms with van der Waals surface area (Å²) in [5.41, 5.74) is 0.0701. The standard InChI is InChI=1S/C18H14F7NO4S/c19-16(20,17(21,22)18(23,24)25)15(27)30-11-14(12-7-3-1-4-8-12)26-31(28,29)13-9-5-2-6-10-13/h1-10,14,26H,11H2. The Kier molecular flexibility index (Phi) is 7.00. The molecule has 0 amide bonds. The number of benzene rings is 2. The summed E-state index contributed by atoms with van der Waals surface area (Å²) in [5, 5.41) is 0. The molecule has 0 aliphatic carbocycles. The maximum atomic E-state index is 13.5. The van der Waals surface area contributed by atoms with Gasteiger partial charge in [0, 0.05) is 0 Å². The van der Waals surface area contributed by atoms with E-state index in [2.05, 4.69) is 4.74 Å². The van der Waals surface area contributed by atoms with Crippen molar-refractivity contribution in [1.82, 2.24) is 4.72 Å². The zero-order chi connectivity index (χ0) is 23.5. The number of esters is 1. The number of alkyl halides is 7. The molecule has 0 spiro atoms. The fourth-order valence-electron chi connectivity index (χ4n) is 2.29. The van der Waals surface area contributed by atoms with Gasteiger partial charge < -0.3 is 4.74 Å². The summed E-state index contributed by atoms with van der Waals surface area (Å²) < 4.78 is 121. The molecule has 0 aliphatic rings. The van der Waals surface area contributed by atoms with Crippen molar-refractivity contribution in [2.75, 3.05) is 6.61 Å². The lowest BCUT2D eigenvalue weighted by molar-refractivity contribution is -0.348. The molecule has 5 nitrogen and oxygen atoms in total. The Labute approximate surface area is 171 Å². The van der Waals surface area contributed by atoms with Crippen LogP contribution in [0.4, 0.5) is 30.7 Å². The molecule has 0 heterocycles. The number of carbonyl (C=O) groups is 1. The predicted octanol–water partition coefficient (Wildman–Crippen LogP) is 4.08. The van der Waals surface area contributed by atoms with Crippen LogP contribution in [0.3, 0.4) is 0 Å². The Bertz CT molecular complexity index is 997. The Balaban J connectivity index is 2.27. The van der Waals surface area contributed by atoms with Gasteiger partial charge in [-0.3, -0.25) is 0 Å². The molecule has 0 fully saturated rings. The molecule has 0 aromatic heterocycles. The molecule has 1 unspecified atom stereocenters. The van der Waals surface area contributed by atoms with Gasteiger partial charge in [-0.05, 0) is 17.7 Å². The highest BCUT2D eigenvalue weighted by molar-refractivity contribution is 7.89. The van der Waals surface area contributed by atoms with E-state index in [-0.39, 0.29) is 10.5 Å². The van der Waals surface area contributed by atoms with Gasteiger partial charge in [-0.25, -0.2) is 17.9 Å². The smallest absolute Gasteiger partial charge is 0.459 e. The normalized spacial score (nSPS) is 14.2. The van der Waals surface area contributed by atoms with E-state index in [4.69, 9.17) is 0 Å². The third kappa shape index (κ3) is 5.34. The van der Waals surface area contributed by atoms with Crippen molar-refractivity contribution in [3.63, 3.8) is 0 Å². The molecular formula is C18H14F7NO4S. The number of nitrogens with one attached hydrogen (secondary N) is 1. The molecule has 0 radical (unpaired) electrons. The molecule has 31 heavy (non-hydrogen) atoms. The van der Waals surface area contributed by atoms with E-state index in [1.807, 2.05) is 4.72 Å². The van der Waals surface area contributed by atoms with Crippen molar-refractivity contribution >= 4 is 16.0 Å². The lowest BCUT2D eigenvalue weighted by Crippen LogP contribution is -2.56. The highest BCUT2D eigenvalue weighted by Crippen LogP contribution is 2.47. The Morgan fingerprint density at radius 1 is 0.871 bits per heavy atom. The summed E-state index contributed by atoms with van der Waals surface area (Å²) in [6.07, 6.45) is -6.72. The Morgan fingerprint density at radius 2 is 1.35 bits per heavy atom. The summed E-state index contributed by atoms with van der Waals surface area (Å²) in [6, 6.07) is 12.0. The molecule has 2 aromatic carbocycles. The van der Waals surface area contributed by atoms with Gasteiger partial charge in [0.15, 0.2) is 0 Å². The average molecular weight is 473 g/mol. The first kappa shape index (κ1) is 24.6. The number of hydrogen-bond acceptors (Lipinski definition) is 4. The highest BCUT2D eigenvalue weighted by atomic mass is 32.2. The first-order chi connectivity index (χ1) is 14.2. The van der Waals surface area contributed by atoms with Crippen molar-refractivity contribution in [3.05, 3.63) is 66.2 Å². The van der Waals surface area contributed by atoms with Gasteiger partial charge in [-0.2, -0.15) is 30.7 Å². The SMILES string of the molecule is O=C(OCC(NS(=O)(=O)c1ccccc1)c1ccccc1)C(F)(F)C(F)(F)C(F)(F)F. The molecule has 0 bridgehead atoms. The monoisotopic (exact) mass is 473 g/mol. The molecule has 1 atom stereocenters. The predicted molar refractivity (Wildman–Crippen MR) is 92.9 cm³/mol. The van der Waals surface area contributed by atoms with Gasteiger partial charge >= 0.3 is 24.0 Å². The zero-order valence-corrected chi connectivity index (χ0v) is 16.1. The maximum Gasteiger partial charge on any atom is 0.460 e. The van der Waals surface area contributed by atoms with Crippen molar-refractivity contribution in [1.29, 1.82) is 0 Å². The van der Waals surface area contributed by atoms with Gasteiger partial charge in [0.05, 0.1) is 10.9 Å². The van der Waals surface area contributed by atoms with E-state index in [0.29, 0.717) is 0 Å². The number of carbonyl (C=O) groups excluding carboxylic acids is 1. The van der Waals surface area contributed by atoms with Gasteiger partial charge in [0.2, 0.25) is 10.0 Å². The van der Waals surface area contributed by atoms with Crippen LogP contribution in [-0.4, -0.2) is 39.0 Å². The first-order valence-electron chi connectivity index (χ1n) is 8.32. The van der Waals surface area contributed by atoms with Crippen LogP contribution in [0, 0.1) is 0 Å². The van der Waals surface area contributed by atoms with Crippen LogP contribution in [0.25, 0.3) is 0 Å². The number of sulfonamides is 1. The largest absolute Gasteiger partial charge is 0.460 e. The third-order valence-electron chi connectivity index (χ3n) is 3.94. The Morgan fingerprint density at radius 3 is 1.84 bits per heavy atom. The number of hydrogen-bond donors (Lipinski definition) is 1. The lowest BCUT2D eigenvalue weighted by Gasteiger charge is -2.27. The van der Waals surface area contributed by atoms with E-state index in [1.165, 1.54) is 60.7 Å². The van der Waals surface area contributed by atoms with Crippen molar-refractivity contribution in [2.24, 2.45) is 0 Å². The highest BCUT2D eigenvalue weighted by Gasteiger charge is 2.77. The maximum absolute atomic E-state index is 13.5. The molecule has 2 rings (SSSR count). The van der Waals surface area contributed by atoms with Gasteiger partial charge in [-0.15, -0.1) is 0 Å². The molecular weight excluding hydrogens is 459 g/mol. The minimum absolute atomic E-state index is 0.0701. The van der Waals surface area contributed by atoms with E-state index >= 15 is 0 Å². The second-order valence-electron chi connectivity index (χ2n) is 6.14. The second kappa shape index (κ2) is 8.83. The van der Waals surface area contributed by atoms with Crippen molar-refractivity contribution in [3.8, 4) is 0 Å². The van der Waals surface area contributed by atoms with E-state index in [9.17, 15) is 43.9 Å². The van der Waals surface area contributed by atoms with E-state index < -0.39 is 46.7 Å². The summed E-state index contributed by atoms with van der Waals surface area (Å²) in [7, 11) is -4.30. The van der Waals surface area contributed by atoms with Crippen LogP contribution >= 0.6 is 0 Å². The molecule has 0 saturated carbocycles. The molecule has 2 aromatic rings. The fourth-order valence-corrected chi connectivity index (χ4v) is 3.52. The Hall–Kier alpha value is -2.67. The minimum atomic E-state index is -6.72. The van der Waals surface area contributed by atoms with Crippen LogP contribution in [0.5, 0.6) is 0 Å². The van der Waals surface area contributed by atoms with Crippen LogP contribution in [0.1, 0.15) is 11.6 Å². The zero-order valence-electron chi connectivity index (χ0n) is 15.2. The van der Waals surface area contributed by atoms with Crippen LogP contribution in [0.2, 0.25) is 0 Å². The minimum Gasteiger partial charge on any atom is -0.459 e. The molecule has 0 saturated heterocycles. The molecule has 170 valence electrons. The fraction of sp³-hybridized carbons (Fsp3) is 0.278. The third-order valence-corrected chi connectivity index (χ3v) is 5.43. The van der Waals surface area contributed by atoms with Crippen LogP contribution in [0.15, 0.2) is 65.6 Å². The number of rotatable bonds is 8. The second-order valence-corrected chi connectivity index (χ2v) is 7.86. The molecule has 1 N–H and O–H groups in total.